The average molecular weight is 361 g/mol. The third-order valence-electron chi connectivity index (χ3n) is 2.71. The van der Waals surface area contributed by atoms with Crippen LogP contribution in [0.15, 0.2) is 28.9 Å². The topological polar surface area (TPSA) is 29.9 Å². The summed E-state index contributed by atoms with van der Waals surface area (Å²) in [5, 5.41) is 8.09. The van der Waals surface area contributed by atoms with Gasteiger partial charge in [0.15, 0.2) is 0 Å². The third-order valence-corrected chi connectivity index (χ3v) is 3.61. The van der Waals surface area contributed by atoms with Gasteiger partial charge in [0.25, 0.3) is 0 Å². The van der Waals surface area contributed by atoms with Gasteiger partial charge >= 0.3 is 0 Å². The SMILES string of the molecule is CC(C)CNCc1ccn(-c2c(Cl)cc(F)cc2Br)n1. The van der Waals surface area contributed by atoms with Crippen LogP contribution in [0.4, 0.5) is 4.39 Å². The Labute approximate surface area is 131 Å². The number of halogens is 3. The lowest BCUT2D eigenvalue weighted by Gasteiger charge is -2.08. The van der Waals surface area contributed by atoms with E-state index in [2.05, 4.69) is 40.2 Å². The standard InChI is InChI=1S/C14H16BrClFN3/c1-9(2)7-18-8-11-3-4-20(19-11)14-12(15)5-10(17)6-13(14)16/h3-6,9,18H,7-8H2,1-2H3. The van der Waals surface area contributed by atoms with Crippen LogP contribution in [0.2, 0.25) is 5.02 Å². The molecule has 0 aliphatic heterocycles. The molecule has 0 spiro atoms. The lowest BCUT2D eigenvalue weighted by molar-refractivity contribution is 0.546. The van der Waals surface area contributed by atoms with Crippen LogP contribution in [0.1, 0.15) is 19.5 Å². The molecule has 1 heterocycles. The van der Waals surface area contributed by atoms with Crippen LogP contribution < -0.4 is 5.32 Å². The second kappa shape index (κ2) is 6.70. The minimum atomic E-state index is -0.378. The molecule has 1 aromatic heterocycles. The molecule has 0 aliphatic carbocycles. The summed E-state index contributed by atoms with van der Waals surface area (Å²) in [5.41, 5.74) is 1.56. The summed E-state index contributed by atoms with van der Waals surface area (Å²) in [5.74, 6) is 0.217. The van der Waals surface area contributed by atoms with Gasteiger partial charge in [0.2, 0.25) is 0 Å². The second-order valence-electron chi connectivity index (χ2n) is 4.99. The van der Waals surface area contributed by atoms with Gasteiger partial charge in [0, 0.05) is 17.2 Å². The molecule has 0 saturated carbocycles. The first-order valence-corrected chi connectivity index (χ1v) is 7.54. The molecule has 2 rings (SSSR count). The highest BCUT2D eigenvalue weighted by molar-refractivity contribution is 9.10. The summed E-state index contributed by atoms with van der Waals surface area (Å²) >= 11 is 9.39. The molecule has 20 heavy (non-hydrogen) atoms. The molecule has 0 unspecified atom stereocenters. The number of benzene rings is 1. The van der Waals surface area contributed by atoms with Gasteiger partial charge in [-0.2, -0.15) is 5.10 Å². The second-order valence-corrected chi connectivity index (χ2v) is 6.26. The van der Waals surface area contributed by atoms with Crippen molar-refractivity contribution in [2.24, 2.45) is 5.92 Å². The van der Waals surface area contributed by atoms with Gasteiger partial charge in [-0.1, -0.05) is 25.4 Å². The van der Waals surface area contributed by atoms with Crippen LogP contribution in [0.25, 0.3) is 5.69 Å². The minimum absolute atomic E-state index is 0.321. The highest BCUT2D eigenvalue weighted by Crippen LogP contribution is 2.29. The summed E-state index contributed by atoms with van der Waals surface area (Å²) in [6, 6.07) is 4.57. The van der Waals surface area contributed by atoms with E-state index in [-0.39, 0.29) is 5.82 Å². The molecular weight excluding hydrogens is 345 g/mol. The van der Waals surface area contributed by atoms with E-state index in [0.717, 1.165) is 12.2 Å². The quantitative estimate of drug-likeness (QED) is 0.867. The minimum Gasteiger partial charge on any atom is -0.311 e. The van der Waals surface area contributed by atoms with E-state index in [4.69, 9.17) is 11.6 Å². The van der Waals surface area contributed by atoms with Crippen LogP contribution in [-0.4, -0.2) is 16.3 Å². The summed E-state index contributed by atoms with van der Waals surface area (Å²) in [7, 11) is 0. The van der Waals surface area contributed by atoms with Crippen LogP contribution in [0.5, 0.6) is 0 Å². The molecule has 108 valence electrons. The van der Waals surface area contributed by atoms with Gasteiger partial charge < -0.3 is 5.32 Å². The van der Waals surface area contributed by atoms with Crippen LogP contribution in [0.3, 0.4) is 0 Å². The van der Waals surface area contributed by atoms with E-state index in [9.17, 15) is 4.39 Å². The monoisotopic (exact) mass is 359 g/mol. The zero-order valence-corrected chi connectivity index (χ0v) is 13.7. The number of rotatable bonds is 5. The molecule has 2 aromatic rings. The Morgan fingerprint density at radius 3 is 2.85 bits per heavy atom. The molecule has 0 radical (unpaired) electrons. The van der Waals surface area contributed by atoms with E-state index < -0.39 is 0 Å². The summed E-state index contributed by atoms with van der Waals surface area (Å²) in [6.45, 7) is 5.94. The first-order valence-electron chi connectivity index (χ1n) is 6.37. The van der Waals surface area contributed by atoms with Crippen molar-refractivity contribution in [1.82, 2.24) is 15.1 Å². The molecule has 0 bridgehead atoms. The van der Waals surface area contributed by atoms with E-state index in [0.29, 0.717) is 27.6 Å². The van der Waals surface area contributed by atoms with E-state index >= 15 is 0 Å². The molecule has 1 aromatic carbocycles. The molecule has 3 nitrogen and oxygen atoms in total. The maximum atomic E-state index is 13.2. The lowest BCUT2D eigenvalue weighted by Crippen LogP contribution is -2.19. The molecule has 1 N–H and O–H groups in total. The number of hydrogen-bond donors (Lipinski definition) is 1. The van der Waals surface area contributed by atoms with Crippen LogP contribution >= 0.6 is 27.5 Å². The predicted octanol–water partition coefficient (Wildman–Crippen LogP) is 4.17. The molecule has 0 amide bonds. The fourth-order valence-electron chi connectivity index (χ4n) is 1.82. The lowest BCUT2D eigenvalue weighted by atomic mass is 10.2. The molecule has 0 saturated heterocycles. The average Bonchev–Trinajstić information content (AvgIpc) is 2.75. The van der Waals surface area contributed by atoms with Crippen molar-refractivity contribution in [3.8, 4) is 5.69 Å². The third kappa shape index (κ3) is 3.81. The molecular formula is C14H16BrClFN3. The largest absolute Gasteiger partial charge is 0.311 e. The first-order chi connectivity index (χ1) is 9.47. The molecule has 0 fully saturated rings. The predicted molar refractivity (Wildman–Crippen MR) is 82.8 cm³/mol. The summed E-state index contributed by atoms with van der Waals surface area (Å²) < 4.78 is 15.4. The smallest absolute Gasteiger partial charge is 0.125 e. The zero-order chi connectivity index (χ0) is 14.7. The van der Waals surface area contributed by atoms with Crippen molar-refractivity contribution in [2.45, 2.75) is 20.4 Å². The molecule has 6 heteroatoms. The summed E-state index contributed by atoms with van der Waals surface area (Å²) in [4.78, 5) is 0. The maximum absolute atomic E-state index is 13.2. The highest BCUT2D eigenvalue weighted by atomic mass is 79.9. The summed E-state index contributed by atoms with van der Waals surface area (Å²) in [6.07, 6.45) is 1.82. The first kappa shape index (κ1) is 15.5. The van der Waals surface area contributed by atoms with Crippen molar-refractivity contribution in [3.63, 3.8) is 0 Å². The number of hydrogen-bond acceptors (Lipinski definition) is 2. The molecule has 0 aliphatic rings. The van der Waals surface area contributed by atoms with Gasteiger partial charge in [-0.05, 0) is 46.6 Å². The Bertz CT molecular complexity index is 575. The van der Waals surface area contributed by atoms with Gasteiger partial charge in [-0.25, -0.2) is 9.07 Å². The normalized spacial score (nSPS) is 11.3. The fraction of sp³-hybridized carbons (Fsp3) is 0.357. The van der Waals surface area contributed by atoms with Gasteiger partial charge in [0.05, 0.1) is 16.4 Å². The van der Waals surface area contributed by atoms with E-state index in [1.807, 2.05) is 12.3 Å². The van der Waals surface area contributed by atoms with Gasteiger partial charge in [-0.3, -0.25) is 0 Å². The van der Waals surface area contributed by atoms with E-state index in [1.54, 1.807) is 4.68 Å². The van der Waals surface area contributed by atoms with Crippen molar-refractivity contribution in [3.05, 3.63) is 45.4 Å². The van der Waals surface area contributed by atoms with Crippen LogP contribution in [-0.2, 0) is 6.54 Å². The van der Waals surface area contributed by atoms with Crippen molar-refractivity contribution in [2.75, 3.05) is 6.54 Å². The zero-order valence-electron chi connectivity index (χ0n) is 11.3. The van der Waals surface area contributed by atoms with Crippen LogP contribution in [0, 0.1) is 11.7 Å². The van der Waals surface area contributed by atoms with Gasteiger partial charge in [0.1, 0.15) is 5.82 Å². The molecule has 0 atom stereocenters. The maximum Gasteiger partial charge on any atom is 0.125 e. The fourth-order valence-corrected chi connectivity index (χ4v) is 2.84. The van der Waals surface area contributed by atoms with Crippen molar-refractivity contribution in [1.29, 1.82) is 0 Å². The number of nitrogens with one attached hydrogen (secondary N) is 1. The number of aromatic nitrogens is 2. The Morgan fingerprint density at radius 1 is 1.45 bits per heavy atom. The van der Waals surface area contributed by atoms with Crippen molar-refractivity contribution >= 4 is 27.5 Å². The van der Waals surface area contributed by atoms with Crippen molar-refractivity contribution < 1.29 is 4.39 Å². The van der Waals surface area contributed by atoms with E-state index in [1.165, 1.54) is 12.1 Å². The Morgan fingerprint density at radius 2 is 2.20 bits per heavy atom. The Hall–Kier alpha value is -0.910. The Kier molecular flexibility index (Phi) is 5.18. The highest BCUT2D eigenvalue weighted by Gasteiger charge is 2.11. The Balaban J connectivity index is 2.17. The van der Waals surface area contributed by atoms with Gasteiger partial charge in [-0.15, -0.1) is 0 Å². The number of nitrogens with zero attached hydrogens (tertiary/aromatic N) is 2.